The Labute approximate surface area is 120 Å². The molecule has 0 saturated carbocycles. The van der Waals surface area contributed by atoms with E-state index >= 15 is 0 Å². The first-order valence-electron chi connectivity index (χ1n) is 8.71. The zero-order chi connectivity index (χ0) is 13.8. The second-order valence-corrected chi connectivity index (χ2v) is 6.02. The molecule has 0 bridgehead atoms. The van der Waals surface area contributed by atoms with E-state index in [2.05, 4.69) is 19.2 Å². The Bertz CT molecular complexity index is 190. The topological polar surface area (TPSA) is 21.3 Å². The van der Waals surface area contributed by atoms with Crippen molar-refractivity contribution in [3.8, 4) is 0 Å². The van der Waals surface area contributed by atoms with Gasteiger partial charge in [-0.25, -0.2) is 0 Å². The molecule has 1 aliphatic rings. The van der Waals surface area contributed by atoms with Crippen LogP contribution in [0.1, 0.15) is 84.5 Å². The first-order chi connectivity index (χ1) is 9.36. The molecule has 0 aromatic carbocycles. The fourth-order valence-corrected chi connectivity index (χ4v) is 3.07. The van der Waals surface area contributed by atoms with Crippen LogP contribution in [-0.2, 0) is 4.74 Å². The predicted molar refractivity (Wildman–Crippen MR) is 83.7 cm³/mol. The summed E-state index contributed by atoms with van der Waals surface area (Å²) in [5.41, 5.74) is 0. The van der Waals surface area contributed by atoms with Gasteiger partial charge in [-0.15, -0.1) is 0 Å². The Morgan fingerprint density at radius 2 is 1.84 bits per heavy atom. The molecule has 2 heteroatoms. The minimum Gasteiger partial charge on any atom is -0.378 e. The van der Waals surface area contributed by atoms with Crippen molar-refractivity contribution >= 4 is 0 Å². The molecule has 1 N–H and O–H groups in total. The monoisotopic (exact) mass is 269 g/mol. The van der Waals surface area contributed by atoms with E-state index in [9.17, 15) is 0 Å². The lowest BCUT2D eigenvalue weighted by Crippen LogP contribution is -2.29. The van der Waals surface area contributed by atoms with E-state index in [1.165, 1.54) is 70.6 Å². The van der Waals surface area contributed by atoms with Crippen molar-refractivity contribution in [2.24, 2.45) is 0 Å². The molecular weight excluding hydrogens is 234 g/mol. The molecule has 19 heavy (non-hydrogen) atoms. The van der Waals surface area contributed by atoms with Crippen molar-refractivity contribution in [1.29, 1.82) is 0 Å². The smallest absolute Gasteiger partial charge is 0.0576 e. The zero-order valence-electron chi connectivity index (χ0n) is 13.3. The second-order valence-electron chi connectivity index (χ2n) is 6.02. The maximum Gasteiger partial charge on any atom is 0.0576 e. The number of rotatable bonds is 12. The van der Waals surface area contributed by atoms with E-state index < -0.39 is 0 Å². The van der Waals surface area contributed by atoms with Crippen LogP contribution in [-0.4, -0.2) is 25.3 Å². The van der Waals surface area contributed by atoms with Crippen LogP contribution < -0.4 is 5.32 Å². The molecule has 0 aliphatic carbocycles. The highest BCUT2D eigenvalue weighted by Crippen LogP contribution is 2.19. The molecule has 1 heterocycles. The molecule has 2 unspecified atom stereocenters. The number of ether oxygens (including phenoxy) is 1. The van der Waals surface area contributed by atoms with Gasteiger partial charge in [0, 0.05) is 12.6 Å². The van der Waals surface area contributed by atoms with Gasteiger partial charge >= 0.3 is 0 Å². The van der Waals surface area contributed by atoms with Gasteiger partial charge in [0.1, 0.15) is 0 Å². The average molecular weight is 269 g/mol. The summed E-state index contributed by atoms with van der Waals surface area (Å²) in [6.45, 7) is 6.60. The standard InChI is InChI=1S/C17H35NO/c1-3-5-6-7-8-9-11-16(18-4-2)13-14-17-12-10-15-19-17/h16-18H,3-15H2,1-2H3. The summed E-state index contributed by atoms with van der Waals surface area (Å²) in [7, 11) is 0. The van der Waals surface area contributed by atoms with Gasteiger partial charge in [0.15, 0.2) is 0 Å². The van der Waals surface area contributed by atoms with Gasteiger partial charge in [-0.05, 0) is 38.6 Å². The molecule has 0 aromatic rings. The van der Waals surface area contributed by atoms with Crippen molar-refractivity contribution in [1.82, 2.24) is 5.32 Å². The quantitative estimate of drug-likeness (QED) is 0.520. The second kappa shape index (κ2) is 11.7. The maximum atomic E-state index is 5.72. The fraction of sp³-hybridized carbons (Fsp3) is 1.00. The van der Waals surface area contributed by atoms with E-state index in [0.29, 0.717) is 6.10 Å². The normalized spacial score (nSPS) is 20.8. The minimum atomic E-state index is 0.561. The van der Waals surface area contributed by atoms with Gasteiger partial charge in [-0.1, -0.05) is 52.4 Å². The van der Waals surface area contributed by atoms with Crippen LogP contribution in [0.5, 0.6) is 0 Å². The summed E-state index contributed by atoms with van der Waals surface area (Å²) in [4.78, 5) is 0. The number of unbranched alkanes of at least 4 members (excludes halogenated alkanes) is 5. The molecule has 1 fully saturated rings. The molecule has 0 radical (unpaired) electrons. The van der Waals surface area contributed by atoms with Gasteiger partial charge in [0.25, 0.3) is 0 Å². The largest absolute Gasteiger partial charge is 0.378 e. The summed E-state index contributed by atoms with van der Waals surface area (Å²) >= 11 is 0. The van der Waals surface area contributed by atoms with E-state index in [0.717, 1.165) is 19.2 Å². The molecule has 2 nitrogen and oxygen atoms in total. The van der Waals surface area contributed by atoms with Crippen LogP contribution in [0.15, 0.2) is 0 Å². The molecule has 114 valence electrons. The Kier molecular flexibility index (Phi) is 10.5. The summed E-state index contributed by atoms with van der Waals surface area (Å²) in [5.74, 6) is 0. The zero-order valence-corrected chi connectivity index (χ0v) is 13.3. The van der Waals surface area contributed by atoms with E-state index in [1.54, 1.807) is 0 Å². The summed E-state index contributed by atoms with van der Waals surface area (Å²) in [6.07, 6.45) is 15.5. The number of hydrogen-bond donors (Lipinski definition) is 1. The summed E-state index contributed by atoms with van der Waals surface area (Å²) in [5, 5.41) is 3.65. The Hall–Kier alpha value is -0.0800. The van der Waals surface area contributed by atoms with Crippen LogP contribution >= 0.6 is 0 Å². The predicted octanol–water partition coefficient (Wildman–Crippen LogP) is 4.67. The SMILES string of the molecule is CCCCCCCCC(CCC1CCCO1)NCC. The van der Waals surface area contributed by atoms with Gasteiger partial charge in [-0.2, -0.15) is 0 Å². The van der Waals surface area contributed by atoms with E-state index in [4.69, 9.17) is 4.74 Å². The van der Waals surface area contributed by atoms with Gasteiger partial charge < -0.3 is 10.1 Å². The average Bonchev–Trinajstić information content (AvgIpc) is 2.93. The highest BCUT2D eigenvalue weighted by molar-refractivity contribution is 4.72. The lowest BCUT2D eigenvalue weighted by atomic mass is 10.00. The molecular formula is C17H35NO. The van der Waals surface area contributed by atoms with Crippen LogP contribution in [0.3, 0.4) is 0 Å². The van der Waals surface area contributed by atoms with Gasteiger partial charge in [-0.3, -0.25) is 0 Å². The highest BCUT2D eigenvalue weighted by atomic mass is 16.5. The van der Waals surface area contributed by atoms with Crippen LogP contribution in [0.25, 0.3) is 0 Å². The molecule has 1 rings (SSSR count). The highest BCUT2D eigenvalue weighted by Gasteiger charge is 2.17. The number of nitrogens with one attached hydrogen (secondary N) is 1. The fourth-order valence-electron chi connectivity index (χ4n) is 3.07. The maximum absolute atomic E-state index is 5.72. The molecule has 2 atom stereocenters. The van der Waals surface area contributed by atoms with Crippen molar-refractivity contribution < 1.29 is 4.74 Å². The van der Waals surface area contributed by atoms with Crippen LogP contribution in [0.4, 0.5) is 0 Å². The molecule has 0 amide bonds. The molecule has 0 spiro atoms. The Morgan fingerprint density at radius 1 is 1.05 bits per heavy atom. The van der Waals surface area contributed by atoms with Crippen LogP contribution in [0.2, 0.25) is 0 Å². The summed E-state index contributed by atoms with van der Waals surface area (Å²) in [6, 6.07) is 0.723. The third-order valence-electron chi connectivity index (χ3n) is 4.26. The van der Waals surface area contributed by atoms with Crippen molar-refractivity contribution in [3.63, 3.8) is 0 Å². The summed E-state index contributed by atoms with van der Waals surface area (Å²) < 4.78 is 5.72. The first kappa shape index (κ1) is 17.0. The van der Waals surface area contributed by atoms with Crippen molar-refractivity contribution in [3.05, 3.63) is 0 Å². The van der Waals surface area contributed by atoms with Crippen LogP contribution in [0, 0.1) is 0 Å². The lowest BCUT2D eigenvalue weighted by molar-refractivity contribution is 0.0992. The first-order valence-corrected chi connectivity index (χ1v) is 8.71. The minimum absolute atomic E-state index is 0.561. The van der Waals surface area contributed by atoms with Crippen molar-refractivity contribution in [2.45, 2.75) is 96.6 Å². The molecule has 1 saturated heterocycles. The van der Waals surface area contributed by atoms with Crippen molar-refractivity contribution in [2.75, 3.05) is 13.2 Å². The molecule has 0 aromatic heterocycles. The number of hydrogen-bond acceptors (Lipinski definition) is 2. The third kappa shape index (κ3) is 8.65. The van der Waals surface area contributed by atoms with E-state index in [-0.39, 0.29) is 0 Å². The third-order valence-corrected chi connectivity index (χ3v) is 4.26. The van der Waals surface area contributed by atoms with E-state index in [1.807, 2.05) is 0 Å². The van der Waals surface area contributed by atoms with Gasteiger partial charge in [0.2, 0.25) is 0 Å². The molecule has 1 aliphatic heterocycles. The van der Waals surface area contributed by atoms with Gasteiger partial charge in [0.05, 0.1) is 6.10 Å². The lowest BCUT2D eigenvalue weighted by Gasteiger charge is -2.19. The Morgan fingerprint density at radius 3 is 2.53 bits per heavy atom. The Balaban J connectivity index is 2.02.